The van der Waals surface area contributed by atoms with E-state index < -0.39 is 0 Å². The molecule has 74 valence electrons. The topological polar surface area (TPSA) is 60.4 Å². The summed E-state index contributed by atoms with van der Waals surface area (Å²) in [7, 11) is 0. The van der Waals surface area contributed by atoms with Gasteiger partial charge in [0.1, 0.15) is 0 Å². The summed E-state index contributed by atoms with van der Waals surface area (Å²) in [5, 5.41) is 0. The SMILES string of the molecule is C/C=C(\CC)C(=O)OCC.O=C=O. The first-order valence-corrected chi connectivity index (χ1v) is 3.99. The molecule has 0 aromatic heterocycles. The van der Waals surface area contributed by atoms with Gasteiger partial charge in [-0.05, 0) is 20.3 Å². The predicted molar refractivity (Wildman–Crippen MR) is 45.7 cm³/mol. The first kappa shape index (κ1) is 14.1. The van der Waals surface area contributed by atoms with Crippen molar-refractivity contribution in [2.75, 3.05) is 6.61 Å². The van der Waals surface area contributed by atoms with Crippen molar-refractivity contribution in [1.29, 1.82) is 0 Å². The maximum atomic E-state index is 10.9. The van der Waals surface area contributed by atoms with Crippen LogP contribution < -0.4 is 0 Å². The van der Waals surface area contributed by atoms with Crippen LogP contribution in [-0.4, -0.2) is 18.7 Å². The van der Waals surface area contributed by atoms with Crippen LogP contribution in [0.2, 0.25) is 0 Å². The number of esters is 1. The number of hydrogen-bond donors (Lipinski definition) is 0. The van der Waals surface area contributed by atoms with Crippen molar-refractivity contribution in [3.63, 3.8) is 0 Å². The molecular weight excluding hydrogens is 172 g/mol. The van der Waals surface area contributed by atoms with Gasteiger partial charge in [0, 0.05) is 5.57 Å². The van der Waals surface area contributed by atoms with Crippen LogP contribution in [-0.2, 0) is 19.1 Å². The van der Waals surface area contributed by atoms with Crippen molar-refractivity contribution in [2.45, 2.75) is 27.2 Å². The van der Waals surface area contributed by atoms with Crippen LogP contribution in [0.25, 0.3) is 0 Å². The number of carbonyl (C=O) groups is 1. The maximum absolute atomic E-state index is 10.9. The van der Waals surface area contributed by atoms with Crippen LogP contribution in [0.5, 0.6) is 0 Å². The lowest BCUT2D eigenvalue weighted by Gasteiger charge is -2.01. The van der Waals surface area contributed by atoms with Crippen molar-refractivity contribution in [3.8, 4) is 0 Å². The molecule has 0 unspecified atom stereocenters. The molecule has 4 heteroatoms. The van der Waals surface area contributed by atoms with Gasteiger partial charge in [0.05, 0.1) is 6.61 Å². The molecular formula is C9H14O4. The Labute approximate surface area is 77.6 Å². The second-order valence-electron chi connectivity index (χ2n) is 1.97. The van der Waals surface area contributed by atoms with Crippen molar-refractivity contribution < 1.29 is 19.1 Å². The highest BCUT2D eigenvalue weighted by molar-refractivity contribution is 5.88. The van der Waals surface area contributed by atoms with Crippen LogP contribution in [0.15, 0.2) is 11.6 Å². The zero-order chi connectivity index (χ0) is 10.7. The van der Waals surface area contributed by atoms with E-state index in [0.717, 1.165) is 12.0 Å². The summed E-state index contributed by atoms with van der Waals surface area (Å²) >= 11 is 0. The molecule has 0 aliphatic rings. The summed E-state index contributed by atoms with van der Waals surface area (Å²) in [5.41, 5.74) is 0.752. The predicted octanol–water partition coefficient (Wildman–Crippen LogP) is 1.32. The zero-order valence-corrected chi connectivity index (χ0v) is 8.12. The lowest BCUT2D eigenvalue weighted by atomic mass is 10.2. The second-order valence-corrected chi connectivity index (χ2v) is 1.97. The zero-order valence-electron chi connectivity index (χ0n) is 8.12. The average molecular weight is 186 g/mol. The lowest BCUT2D eigenvalue weighted by molar-refractivity contribution is -0.191. The third-order valence-corrected chi connectivity index (χ3v) is 1.27. The summed E-state index contributed by atoms with van der Waals surface area (Å²) < 4.78 is 4.78. The van der Waals surface area contributed by atoms with Gasteiger partial charge in [-0.15, -0.1) is 0 Å². The van der Waals surface area contributed by atoms with E-state index in [1.165, 1.54) is 0 Å². The molecule has 0 aromatic carbocycles. The second kappa shape index (κ2) is 10.6. The number of ether oxygens (including phenoxy) is 1. The van der Waals surface area contributed by atoms with Crippen LogP contribution >= 0.6 is 0 Å². The molecule has 0 bridgehead atoms. The van der Waals surface area contributed by atoms with Gasteiger partial charge in [0.25, 0.3) is 0 Å². The minimum atomic E-state index is -0.187. The van der Waals surface area contributed by atoms with E-state index in [0.29, 0.717) is 6.61 Å². The molecule has 0 saturated carbocycles. The number of hydrogen-bond acceptors (Lipinski definition) is 4. The summed E-state index contributed by atoms with van der Waals surface area (Å²) in [6, 6.07) is 0. The van der Waals surface area contributed by atoms with Gasteiger partial charge < -0.3 is 4.74 Å². The molecule has 0 aliphatic heterocycles. The van der Waals surface area contributed by atoms with E-state index in [2.05, 4.69) is 0 Å². The van der Waals surface area contributed by atoms with E-state index in [9.17, 15) is 4.79 Å². The molecule has 0 N–H and O–H groups in total. The quantitative estimate of drug-likeness (QED) is 0.492. The Bertz CT molecular complexity index is 200. The van der Waals surface area contributed by atoms with E-state index >= 15 is 0 Å². The highest BCUT2D eigenvalue weighted by Gasteiger charge is 2.04. The van der Waals surface area contributed by atoms with E-state index in [4.69, 9.17) is 14.3 Å². The molecule has 0 heterocycles. The fourth-order valence-electron chi connectivity index (χ4n) is 0.690. The molecule has 0 amide bonds. The smallest absolute Gasteiger partial charge is 0.373 e. The van der Waals surface area contributed by atoms with Crippen molar-refractivity contribution in [3.05, 3.63) is 11.6 Å². The Balaban J connectivity index is 0. The van der Waals surface area contributed by atoms with Gasteiger partial charge in [-0.1, -0.05) is 13.0 Å². The Hall–Kier alpha value is -1.41. The van der Waals surface area contributed by atoms with Gasteiger partial charge in [-0.25, -0.2) is 4.79 Å². The van der Waals surface area contributed by atoms with Gasteiger partial charge >= 0.3 is 12.1 Å². The van der Waals surface area contributed by atoms with Crippen molar-refractivity contribution in [1.82, 2.24) is 0 Å². The van der Waals surface area contributed by atoms with Gasteiger partial charge in [0.2, 0.25) is 0 Å². The Morgan fingerprint density at radius 3 is 2.08 bits per heavy atom. The minimum absolute atomic E-state index is 0.187. The summed E-state index contributed by atoms with van der Waals surface area (Å²) in [6.07, 6.45) is 2.79. The molecule has 0 spiro atoms. The summed E-state index contributed by atoms with van der Waals surface area (Å²) in [6.45, 7) is 6.04. The number of carbonyl (C=O) groups excluding carboxylic acids is 3. The van der Waals surface area contributed by atoms with Gasteiger partial charge in [0.15, 0.2) is 0 Å². The average Bonchev–Trinajstić information content (AvgIpc) is 2.08. The molecule has 4 nitrogen and oxygen atoms in total. The molecule has 0 fully saturated rings. The van der Waals surface area contributed by atoms with Crippen molar-refractivity contribution >= 4 is 12.1 Å². The fourth-order valence-corrected chi connectivity index (χ4v) is 0.690. The largest absolute Gasteiger partial charge is 0.463 e. The first-order chi connectivity index (χ1) is 6.17. The minimum Gasteiger partial charge on any atom is -0.463 e. The Morgan fingerprint density at radius 2 is 1.85 bits per heavy atom. The summed E-state index contributed by atoms with van der Waals surface area (Å²) in [4.78, 5) is 27.2. The van der Waals surface area contributed by atoms with Crippen LogP contribution in [0, 0.1) is 0 Å². The standard InChI is InChI=1S/C8H14O2.CO2/c1-4-7(5-2)8(9)10-6-3;2-1-3/h4H,5-6H2,1-3H3;/b7-4+;. The van der Waals surface area contributed by atoms with Crippen LogP contribution in [0.3, 0.4) is 0 Å². The molecule has 13 heavy (non-hydrogen) atoms. The third-order valence-electron chi connectivity index (χ3n) is 1.27. The highest BCUT2D eigenvalue weighted by Crippen LogP contribution is 2.01. The molecule has 0 radical (unpaired) electrons. The monoisotopic (exact) mass is 186 g/mol. The van der Waals surface area contributed by atoms with E-state index in [-0.39, 0.29) is 12.1 Å². The fraction of sp³-hybridized carbons (Fsp3) is 0.556. The maximum Gasteiger partial charge on any atom is 0.373 e. The molecule has 0 aromatic rings. The van der Waals surface area contributed by atoms with Crippen molar-refractivity contribution in [2.24, 2.45) is 0 Å². The van der Waals surface area contributed by atoms with Gasteiger partial charge in [-0.3, -0.25) is 0 Å². The molecule has 0 saturated heterocycles. The van der Waals surface area contributed by atoms with E-state index in [1.807, 2.05) is 13.8 Å². The van der Waals surface area contributed by atoms with Gasteiger partial charge in [-0.2, -0.15) is 9.59 Å². The Morgan fingerprint density at radius 1 is 1.38 bits per heavy atom. The van der Waals surface area contributed by atoms with E-state index in [1.54, 1.807) is 13.0 Å². The normalized spacial score (nSPS) is 9.31. The Kier molecular flexibility index (Phi) is 11.5. The number of rotatable bonds is 3. The van der Waals surface area contributed by atoms with Crippen LogP contribution in [0.1, 0.15) is 27.2 Å². The molecule has 0 rings (SSSR count). The third kappa shape index (κ3) is 8.50. The van der Waals surface area contributed by atoms with Crippen LogP contribution in [0.4, 0.5) is 0 Å². The summed E-state index contributed by atoms with van der Waals surface area (Å²) in [5.74, 6) is -0.187. The number of allylic oxidation sites excluding steroid dienone is 1. The first-order valence-electron chi connectivity index (χ1n) is 3.99. The highest BCUT2D eigenvalue weighted by atomic mass is 16.5. The molecule has 0 atom stereocenters. The lowest BCUT2D eigenvalue weighted by Crippen LogP contribution is -2.06. The molecule has 0 aliphatic carbocycles.